The maximum absolute atomic E-state index is 14.4. The minimum atomic E-state index is -0.606. The molecule has 3 aromatic heterocycles. The molecule has 3 amide bonds. The van der Waals surface area contributed by atoms with Gasteiger partial charge >= 0.3 is 12.1 Å². The summed E-state index contributed by atoms with van der Waals surface area (Å²) in [5, 5.41) is 6.38. The highest BCUT2D eigenvalue weighted by molar-refractivity contribution is 5.94. The monoisotopic (exact) mass is 557 g/mol. The Balaban J connectivity index is 1.34. The first-order chi connectivity index (χ1) is 19.0. The van der Waals surface area contributed by atoms with Crippen LogP contribution < -0.4 is 20.1 Å². The van der Waals surface area contributed by atoms with Crippen molar-refractivity contribution in [2.45, 2.75) is 26.4 Å². The number of carbonyl (C=O) groups excluding carboxylic acids is 2. The van der Waals surface area contributed by atoms with Crippen molar-refractivity contribution >= 4 is 28.8 Å². The number of aryl methyl sites for hydroxylation is 1. The highest BCUT2D eigenvalue weighted by atomic mass is 19.1. The van der Waals surface area contributed by atoms with Gasteiger partial charge in [0, 0.05) is 51.7 Å². The molecule has 0 spiro atoms. The van der Waals surface area contributed by atoms with Crippen LogP contribution in [0, 0.1) is 5.82 Å². The normalized spacial score (nSPS) is 14.2. The molecule has 0 aromatic carbocycles. The molecular formula is C27H36FN7O5. The highest BCUT2D eigenvalue weighted by Crippen LogP contribution is 2.40. The lowest BCUT2D eigenvalue weighted by Crippen LogP contribution is -2.51. The van der Waals surface area contributed by atoms with Crippen molar-refractivity contribution in [1.82, 2.24) is 29.7 Å². The van der Waals surface area contributed by atoms with Gasteiger partial charge in [0.1, 0.15) is 17.0 Å². The van der Waals surface area contributed by atoms with Crippen LogP contribution in [0.5, 0.6) is 11.6 Å². The molecule has 4 rings (SSSR count). The third kappa shape index (κ3) is 6.53. The van der Waals surface area contributed by atoms with Gasteiger partial charge in [0.25, 0.3) is 0 Å². The third-order valence-electron chi connectivity index (χ3n) is 6.51. The Morgan fingerprint density at radius 2 is 1.77 bits per heavy atom. The van der Waals surface area contributed by atoms with Crippen LogP contribution in [0.3, 0.4) is 0 Å². The maximum Gasteiger partial charge on any atom is 0.410 e. The number of hydrogen-bond donors (Lipinski definition) is 2. The fourth-order valence-corrected chi connectivity index (χ4v) is 4.55. The first-order valence-corrected chi connectivity index (χ1v) is 13.0. The number of nitrogens with zero attached hydrogens (tertiary/aromatic N) is 5. The Kier molecular flexibility index (Phi) is 8.62. The molecule has 12 nitrogen and oxygen atoms in total. The van der Waals surface area contributed by atoms with Gasteiger partial charge in [-0.3, -0.25) is 10.2 Å². The molecule has 40 heavy (non-hydrogen) atoms. The number of anilines is 1. The number of aromatic nitrogens is 3. The smallest absolute Gasteiger partial charge is 0.410 e. The number of ether oxygens (including phenoxy) is 3. The molecule has 0 atom stereocenters. The Morgan fingerprint density at radius 3 is 2.42 bits per heavy atom. The van der Waals surface area contributed by atoms with Gasteiger partial charge in [-0.05, 0) is 32.9 Å². The summed E-state index contributed by atoms with van der Waals surface area (Å²) < 4.78 is 32.3. The lowest BCUT2D eigenvalue weighted by atomic mass is 10.1. The molecule has 3 aromatic rings. The average Bonchev–Trinajstić information content (AvgIpc) is 3.22. The molecule has 2 N–H and O–H groups in total. The molecule has 0 saturated carbocycles. The van der Waals surface area contributed by atoms with Crippen molar-refractivity contribution < 1.29 is 28.2 Å². The number of methoxy groups -OCH3 is 2. The lowest BCUT2D eigenvalue weighted by molar-refractivity contribution is 0.0147. The second kappa shape index (κ2) is 11.9. The molecule has 0 radical (unpaired) electrons. The Bertz CT molecular complexity index is 1380. The molecule has 1 fully saturated rings. The molecule has 1 saturated heterocycles. The molecule has 1 aliphatic rings. The fraction of sp³-hybridized carbons (Fsp3) is 0.481. The van der Waals surface area contributed by atoms with E-state index in [9.17, 15) is 14.0 Å². The quantitative estimate of drug-likeness (QED) is 0.453. The third-order valence-corrected chi connectivity index (χ3v) is 6.51. The Hall–Kier alpha value is -4.13. The van der Waals surface area contributed by atoms with Crippen LogP contribution >= 0.6 is 0 Å². The Labute approximate surface area is 232 Å². The summed E-state index contributed by atoms with van der Waals surface area (Å²) in [6, 6.07) is 3.19. The van der Waals surface area contributed by atoms with Gasteiger partial charge in [0.05, 0.1) is 37.8 Å². The highest BCUT2D eigenvalue weighted by Gasteiger charge is 2.26. The van der Waals surface area contributed by atoms with Crippen LogP contribution in [0.1, 0.15) is 20.8 Å². The molecule has 0 unspecified atom stereocenters. The van der Waals surface area contributed by atoms with Crippen LogP contribution in [-0.4, -0.2) is 95.5 Å². The van der Waals surface area contributed by atoms with Gasteiger partial charge < -0.3 is 29.0 Å². The second-order valence-corrected chi connectivity index (χ2v) is 10.4. The van der Waals surface area contributed by atoms with Crippen LogP contribution in [0.4, 0.5) is 19.8 Å². The molecule has 216 valence electrons. The maximum atomic E-state index is 14.4. The zero-order valence-corrected chi connectivity index (χ0v) is 23.7. The van der Waals surface area contributed by atoms with Crippen LogP contribution in [0.15, 0.2) is 24.5 Å². The number of rotatable bonds is 7. The summed E-state index contributed by atoms with van der Waals surface area (Å²) in [5.74, 6) is 0.00541. The van der Waals surface area contributed by atoms with E-state index in [-0.39, 0.29) is 23.8 Å². The number of halogens is 1. The predicted octanol–water partition coefficient (Wildman–Crippen LogP) is 3.47. The van der Waals surface area contributed by atoms with Crippen molar-refractivity contribution in [2.75, 3.05) is 58.8 Å². The average molecular weight is 558 g/mol. The van der Waals surface area contributed by atoms with Crippen LogP contribution in [-0.2, 0) is 11.8 Å². The summed E-state index contributed by atoms with van der Waals surface area (Å²) in [7, 11) is 4.66. The van der Waals surface area contributed by atoms with E-state index in [2.05, 4.69) is 25.5 Å². The summed E-state index contributed by atoms with van der Waals surface area (Å²) >= 11 is 0. The number of carbonyl (C=O) groups is 2. The van der Waals surface area contributed by atoms with E-state index in [1.165, 1.54) is 14.2 Å². The zero-order chi connectivity index (χ0) is 29.0. The van der Waals surface area contributed by atoms with Crippen molar-refractivity contribution in [3.05, 3.63) is 30.3 Å². The van der Waals surface area contributed by atoms with Crippen LogP contribution in [0.25, 0.3) is 22.2 Å². The topological polar surface area (TPSA) is 123 Å². The minimum Gasteiger partial charge on any atom is -0.493 e. The van der Waals surface area contributed by atoms with Gasteiger partial charge in [-0.25, -0.2) is 23.9 Å². The van der Waals surface area contributed by atoms with Gasteiger partial charge in [-0.15, -0.1) is 0 Å². The number of urea groups is 1. The number of amides is 3. The number of piperazine rings is 1. The Morgan fingerprint density at radius 1 is 1.05 bits per heavy atom. The summed E-state index contributed by atoms with van der Waals surface area (Å²) in [4.78, 5) is 37.0. The molecule has 0 bridgehead atoms. The van der Waals surface area contributed by atoms with Gasteiger partial charge in [0.2, 0.25) is 5.88 Å². The van der Waals surface area contributed by atoms with E-state index in [1.54, 1.807) is 17.2 Å². The molecular weight excluding hydrogens is 521 g/mol. The first kappa shape index (κ1) is 28.9. The lowest BCUT2D eigenvalue weighted by Gasteiger charge is -2.35. The second-order valence-electron chi connectivity index (χ2n) is 10.4. The number of pyridine rings is 2. The first-order valence-electron chi connectivity index (χ1n) is 13.0. The number of nitrogens with one attached hydrogen (secondary N) is 2. The molecule has 4 heterocycles. The van der Waals surface area contributed by atoms with Crippen molar-refractivity contribution in [2.24, 2.45) is 7.05 Å². The predicted molar refractivity (Wildman–Crippen MR) is 148 cm³/mol. The van der Waals surface area contributed by atoms with Crippen molar-refractivity contribution in [3.8, 4) is 22.9 Å². The van der Waals surface area contributed by atoms with E-state index >= 15 is 0 Å². The summed E-state index contributed by atoms with van der Waals surface area (Å²) in [6.07, 6.45) is 2.38. The van der Waals surface area contributed by atoms with E-state index in [0.717, 1.165) is 17.1 Å². The van der Waals surface area contributed by atoms with Gasteiger partial charge in [-0.2, -0.15) is 0 Å². The zero-order valence-electron chi connectivity index (χ0n) is 23.7. The fourth-order valence-electron chi connectivity index (χ4n) is 4.55. The van der Waals surface area contributed by atoms with Gasteiger partial charge in [-0.1, -0.05) is 0 Å². The van der Waals surface area contributed by atoms with Gasteiger partial charge in [0.15, 0.2) is 11.6 Å². The molecule has 1 aliphatic heterocycles. The summed E-state index contributed by atoms with van der Waals surface area (Å²) in [6.45, 7) is 9.19. The van der Waals surface area contributed by atoms with E-state index in [0.29, 0.717) is 56.3 Å². The number of hydrogen-bond acceptors (Lipinski definition) is 8. The number of fused-ring (bicyclic) bond motifs is 1. The summed E-state index contributed by atoms with van der Waals surface area (Å²) in [5.41, 5.74) is 1.24. The van der Waals surface area contributed by atoms with E-state index in [1.807, 2.05) is 38.5 Å². The van der Waals surface area contributed by atoms with E-state index in [4.69, 9.17) is 14.2 Å². The van der Waals surface area contributed by atoms with Crippen LogP contribution in [0.2, 0.25) is 0 Å². The standard InChI is InChI=1S/C27H36FN7O5/c1-27(2,3)40-26(37)35-11-9-34(10-12-35)8-7-29-25(36)32-21-14-17-13-19(33(4)20(17)16-30-21)22-23(38-5)18(28)15-31-24(22)39-6/h13-16H,7-12H2,1-6H3,(H2,29,30,32,36). The van der Waals surface area contributed by atoms with E-state index < -0.39 is 11.4 Å². The minimum absolute atomic E-state index is 0.0229. The van der Waals surface area contributed by atoms with Crippen molar-refractivity contribution in [3.63, 3.8) is 0 Å². The molecule has 13 heteroatoms. The van der Waals surface area contributed by atoms with Crippen molar-refractivity contribution in [1.29, 1.82) is 0 Å². The molecule has 0 aliphatic carbocycles. The largest absolute Gasteiger partial charge is 0.493 e. The SMILES string of the molecule is COc1ncc(F)c(OC)c1-c1cc2cc(NC(=O)NCCN3CCN(C(=O)OC(C)(C)C)CC3)ncc2n1C.